The van der Waals surface area contributed by atoms with Crippen molar-refractivity contribution in [3.63, 3.8) is 0 Å². The zero-order valence-electron chi connectivity index (χ0n) is 14.4. The lowest BCUT2D eigenvalue weighted by atomic mass is 10.2. The predicted molar refractivity (Wildman–Crippen MR) is 97.3 cm³/mol. The molecule has 0 radical (unpaired) electrons. The maximum atomic E-state index is 12.1. The van der Waals surface area contributed by atoms with Crippen LogP contribution in [0.4, 0.5) is 11.6 Å². The molecule has 1 aliphatic heterocycles. The molecule has 0 bridgehead atoms. The predicted octanol–water partition coefficient (Wildman–Crippen LogP) is 1.93. The lowest BCUT2D eigenvalue weighted by Gasteiger charge is -2.16. The summed E-state index contributed by atoms with van der Waals surface area (Å²) in [4.78, 5) is 22.9. The highest BCUT2D eigenvalue weighted by molar-refractivity contribution is 5.94. The molecule has 2 aromatic rings. The number of aromatic nitrogens is 2. The molecule has 1 aliphatic rings. The molecule has 3 rings (SSSR count). The minimum Gasteiger partial charge on any atom is -0.497 e. The fraction of sp³-hybridized carbons (Fsp3) is 0.389. The lowest BCUT2D eigenvalue weighted by Crippen LogP contribution is -2.29. The smallest absolute Gasteiger partial charge is 0.251 e. The van der Waals surface area contributed by atoms with Gasteiger partial charge in [-0.25, -0.2) is 9.97 Å². The Morgan fingerprint density at radius 3 is 2.84 bits per heavy atom. The lowest BCUT2D eigenvalue weighted by molar-refractivity contribution is 0.0955. The van der Waals surface area contributed by atoms with E-state index in [-0.39, 0.29) is 5.91 Å². The van der Waals surface area contributed by atoms with E-state index in [1.807, 2.05) is 12.1 Å². The average molecular weight is 341 g/mol. The second-order valence-corrected chi connectivity index (χ2v) is 5.87. The number of carbonyl (C=O) groups is 1. The summed E-state index contributed by atoms with van der Waals surface area (Å²) >= 11 is 0. The van der Waals surface area contributed by atoms with Crippen molar-refractivity contribution in [2.45, 2.75) is 12.8 Å². The first-order chi connectivity index (χ1) is 12.3. The molecular formula is C18H23N5O2. The number of benzene rings is 1. The van der Waals surface area contributed by atoms with Gasteiger partial charge in [-0.2, -0.15) is 0 Å². The molecule has 1 aromatic heterocycles. The zero-order valence-corrected chi connectivity index (χ0v) is 14.4. The third kappa shape index (κ3) is 4.59. The Bertz CT molecular complexity index is 716. The molecule has 0 aliphatic carbocycles. The molecule has 2 heterocycles. The van der Waals surface area contributed by atoms with Gasteiger partial charge >= 0.3 is 0 Å². The standard InChI is InChI=1S/C18H23N5O2/c1-25-15-6-4-5-14(11-15)18(24)20-8-7-19-16-12-17(22-13-21-16)23-9-2-3-10-23/h4-6,11-13H,2-3,7-10H2,1H3,(H,20,24)(H,19,21,22). The number of anilines is 2. The minimum atomic E-state index is -0.124. The van der Waals surface area contributed by atoms with E-state index in [9.17, 15) is 4.79 Å². The average Bonchev–Trinajstić information content (AvgIpc) is 3.20. The number of hydrogen-bond donors (Lipinski definition) is 2. The molecule has 0 unspecified atom stereocenters. The SMILES string of the molecule is COc1cccc(C(=O)NCCNc2cc(N3CCCC3)ncn2)c1. The van der Waals surface area contributed by atoms with Crippen molar-refractivity contribution in [3.8, 4) is 5.75 Å². The van der Waals surface area contributed by atoms with Crippen LogP contribution in [0.2, 0.25) is 0 Å². The summed E-state index contributed by atoms with van der Waals surface area (Å²) in [5.74, 6) is 2.27. The third-order valence-corrected chi connectivity index (χ3v) is 4.13. The van der Waals surface area contributed by atoms with E-state index in [2.05, 4.69) is 25.5 Å². The van der Waals surface area contributed by atoms with Gasteiger partial charge in [-0.15, -0.1) is 0 Å². The second kappa shape index (κ2) is 8.32. The van der Waals surface area contributed by atoms with E-state index in [4.69, 9.17) is 4.74 Å². The Kier molecular flexibility index (Phi) is 5.66. The normalized spacial score (nSPS) is 13.6. The molecule has 1 fully saturated rings. The Labute approximate surface area is 147 Å². The van der Waals surface area contributed by atoms with Crippen molar-refractivity contribution < 1.29 is 9.53 Å². The molecule has 1 saturated heterocycles. The Hall–Kier alpha value is -2.83. The summed E-state index contributed by atoms with van der Waals surface area (Å²) in [7, 11) is 1.58. The van der Waals surface area contributed by atoms with Crippen LogP contribution in [0.3, 0.4) is 0 Å². The van der Waals surface area contributed by atoms with E-state index >= 15 is 0 Å². The van der Waals surface area contributed by atoms with Gasteiger partial charge in [0.05, 0.1) is 7.11 Å². The zero-order chi connectivity index (χ0) is 17.5. The number of rotatable bonds is 7. The van der Waals surface area contributed by atoms with Crippen molar-refractivity contribution >= 4 is 17.5 Å². The molecule has 1 aromatic carbocycles. The van der Waals surface area contributed by atoms with Gasteiger partial charge in [0.2, 0.25) is 0 Å². The summed E-state index contributed by atoms with van der Waals surface area (Å²) in [6.07, 6.45) is 4.00. The van der Waals surface area contributed by atoms with Crippen LogP contribution in [0, 0.1) is 0 Å². The van der Waals surface area contributed by atoms with Crippen LogP contribution < -0.4 is 20.3 Å². The Morgan fingerprint density at radius 2 is 2.04 bits per heavy atom. The van der Waals surface area contributed by atoms with Crippen LogP contribution in [-0.2, 0) is 0 Å². The van der Waals surface area contributed by atoms with Crippen LogP contribution in [0.15, 0.2) is 36.7 Å². The largest absolute Gasteiger partial charge is 0.497 e. The van der Waals surface area contributed by atoms with E-state index in [1.54, 1.807) is 31.6 Å². The number of nitrogens with zero attached hydrogens (tertiary/aromatic N) is 3. The second-order valence-electron chi connectivity index (χ2n) is 5.87. The number of carbonyl (C=O) groups excluding carboxylic acids is 1. The van der Waals surface area contributed by atoms with Gasteiger partial charge in [0.1, 0.15) is 23.7 Å². The van der Waals surface area contributed by atoms with Crippen LogP contribution in [0.5, 0.6) is 5.75 Å². The van der Waals surface area contributed by atoms with Gasteiger partial charge in [0.15, 0.2) is 0 Å². The van der Waals surface area contributed by atoms with E-state index in [0.29, 0.717) is 24.4 Å². The summed E-state index contributed by atoms with van der Waals surface area (Å²) in [5.41, 5.74) is 0.581. The van der Waals surface area contributed by atoms with Crippen LogP contribution in [0.1, 0.15) is 23.2 Å². The summed E-state index contributed by atoms with van der Waals surface area (Å²) in [5, 5.41) is 6.10. The van der Waals surface area contributed by atoms with E-state index in [0.717, 1.165) is 24.7 Å². The number of nitrogens with one attached hydrogen (secondary N) is 2. The minimum absolute atomic E-state index is 0.124. The summed E-state index contributed by atoms with van der Waals surface area (Å²) in [6, 6.07) is 9.04. The van der Waals surface area contributed by atoms with Gasteiger partial charge in [-0.05, 0) is 31.0 Å². The summed E-state index contributed by atoms with van der Waals surface area (Å²) in [6.45, 7) is 3.19. The Morgan fingerprint density at radius 1 is 1.20 bits per heavy atom. The molecule has 7 heteroatoms. The molecule has 132 valence electrons. The third-order valence-electron chi connectivity index (χ3n) is 4.13. The van der Waals surface area contributed by atoms with Gasteiger partial charge in [0, 0.05) is 37.8 Å². The molecule has 0 spiro atoms. The monoisotopic (exact) mass is 341 g/mol. The van der Waals surface area contributed by atoms with Crippen molar-refractivity contribution in [2.24, 2.45) is 0 Å². The highest BCUT2D eigenvalue weighted by Crippen LogP contribution is 2.19. The first kappa shape index (κ1) is 17.0. The fourth-order valence-corrected chi connectivity index (χ4v) is 2.80. The van der Waals surface area contributed by atoms with Crippen molar-refractivity contribution in [1.82, 2.24) is 15.3 Å². The molecule has 0 atom stereocenters. The molecule has 1 amide bonds. The van der Waals surface area contributed by atoms with Crippen molar-refractivity contribution in [3.05, 3.63) is 42.2 Å². The summed E-state index contributed by atoms with van der Waals surface area (Å²) < 4.78 is 5.13. The molecule has 7 nitrogen and oxygen atoms in total. The number of amides is 1. The van der Waals surface area contributed by atoms with Gasteiger partial charge < -0.3 is 20.3 Å². The van der Waals surface area contributed by atoms with Crippen LogP contribution >= 0.6 is 0 Å². The topological polar surface area (TPSA) is 79.4 Å². The quantitative estimate of drug-likeness (QED) is 0.749. The fourth-order valence-electron chi connectivity index (χ4n) is 2.80. The number of hydrogen-bond acceptors (Lipinski definition) is 6. The van der Waals surface area contributed by atoms with E-state index in [1.165, 1.54) is 12.8 Å². The maximum absolute atomic E-state index is 12.1. The van der Waals surface area contributed by atoms with Crippen LogP contribution in [0.25, 0.3) is 0 Å². The molecule has 25 heavy (non-hydrogen) atoms. The maximum Gasteiger partial charge on any atom is 0.251 e. The Balaban J connectivity index is 1.46. The number of ether oxygens (including phenoxy) is 1. The van der Waals surface area contributed by atoms with E-state index < -0.39 is 0 Å². The first-order valence-corrected chi connectivity index (χ1v) is 8.49. The van der Waals surface area contributed by atoms with Crippen molar-refractivity contribution in [2.75, 3.05) is 43.5 Å². The molecular weight excluding hydrogens is 318 g/mol. The van der Waals surface area contributed by atoms with Gasteiger partial charge in [0.25, 0.3) is 5.91 Å². The van der Waals surface area contributed by atoms with Gasteiger partial charge in [-0.3, -0.25) is 4.79 Å². The van der Waals surface area contributed by atoms with Crippen molar-refractivity contribution in [1.29, 1.82) is 0 Å². The molecule has 0 saturated carbocycles. The highest BCUT2D eigenvalue weighted by Gasteiger charge is 2.13. The number of methoxy groups -OCH3 is 1. The van der Waals surface area contributed by atoms with Gasteiger partial charge in [-0.1, -0.05) is 6.07 Å². The van der Waals surface area contributed by atoms with Crippen LogP contribution in [-0.4, -0.2) is 49.2 Å². The molecule has 2 N–H and O–H groups in total. The first-order valence-electron chi connectivity index (χ1n) is 8.49. The highest BCUT2D eigenvalue weighted by atomic mass is 16.5.